The number of anilines is 1. The normalized spacial score (nSPS) is 10.5. The number of nitrogens with zero attached hydrogens (tertiary/aromatic N) is 2. The summed E-state index contributed by atoms with van der Waals surface area (Å²) in [5.74, 6) is 0.0248. The summed E-state index contributed by atoms with van der Waals surface area (Å²) in [4.78, 5) is 33.2. The van der Waals surface area contributed by atoms with Crippen molar-refractivity contribution >= 4 is 40.0 Å². The Morgan fingerprint density at radius 1 is 1.29 bits per heavy atom. The number of thioether (sulfide) groups is 1. The highest BCUT2D eigenvalue weighted by atomic mass is 32.2. The molecule has 2 aromatic rings. The molecule has 2 aromatic heterocycles. The highest BCUT2D eigenvalue weighted by Crippen LogP contribution is 2.33. The number of carbonyl (C=O) groups excluding carboxylic acids is 2. The molecular weight excluding hydrogens is 346 g/mol. The van der Waals surface area contributed by atoms with Crippen molar-refractivity contribution in [2.24, 2.45) is 0 Å². The van der Waals surface area contributed by atoms with Crippen LogP contribution in [0.4, 0.5) is 5.00 Å². The number of nitrogens with one attached hydrogen (secondary N) is 1. The maximum atomic E-state index is 12.2. The Morgan fingerprint density at radius 3 is 2.71 bits per heavy atom. The number of hydrogen-bond donors (Lipinski definition) is 1. The molecule has 0 fully saturated rings. The third kappa shape index (κ3) is 4.55. The second-order valence-electron chi connectivity index (χ2n) is 5.12. The van der Waals surface area contributed by atoms with E-state index in [-0.39, 0.29) is 5.91 Å². The molecule has 2 heterocycles. The molecule has 0 aliphatic heterocycles. The molecule has 0 aliphatic rings. The SMILES string of the molecule is COC(=O)c1c(NC(=O)CCSc2cc(C)ncn2)sc(C)c1C. The lowest BCUT2D eigenvalue weighted by Crippen LogP contribution is -2.14. The maximum Gasteiger partial charge on any atom is 0.341 e. The van der Waals surface area contributed by atoms with E-state index in [4.69, 9.17) is 4.74 Å². The molecule has 0 saturated carbocycles. The fraction of sp³-hybridized carbons (Fsp3) is 0.375. The number of amides is 1. The average Bonchev–Trinajstić information content (AvgIpc) is 2.81. The largest absolute Gasteiger partial charge is 0.465 e. The number of rotatable bonds is 6. The van der Waals surface area contributed by atoms with Gasteiger partial charge in [-0.3, -0.25) is 4.79 Å². The van der Waals surface area contributed by atoms with Crippen LogP contribution in [0.1, 0.15) is 32.9 Å². The second-order valence-corrected chi connectivity index (χ2v) is 7.46. The van der Waals surface area contributed by atoms with Crippen LogP contribution in [0.2, 0.25) is 0 Å². The van der Waals surface area contributed by atoms with Crippen molar-refractivity contribution < 1.29 is 14.3 Å². The first-order chi connectivity index (χ1) is 11.4. The topological polar surface area (TPSA) is 81.2 Å². The van der Waals surface area contributed by atoms with Crippen LogP contribution in [0.25, 0.3) is 0 Å². The van der Waals surface area contributed by atoms with Crippen LogP contribution >= 0.6 is 23.1 Å². The molecule has 0 bridgehead atoms. The van der Waals surface area contributed by atoms with Gasteiger partial charge in [0.2, 0.25) is 5.91 Å². The minimum atomic E-state index is -0.432. The smallest absolute Gasteiger partial charge is 0.341 e. The van der Waals surface area contributed by atoms with Gasteiger partial charge in [0.1, 0.15) is 11.3 Å². The predicted octanol–water partition coefficient (Wildman–Crippen LogP) is 3.37. The van der Waals surface area contributed by atoms with Crippen molar-refractivity contribution in [3.05, 3.63) is 34.1 Å². The Morgan fingerprint density at radius 2 is 2.04 bits per heavy atom. The number of hydrogen-bond acceptors (Lipinski definition) is 7. The first kappa shape index (κ1) is 18.4. The third-order valence-electron chi connectivity index (χ3n) is 3.39. The molecule has 128 valence electrons. The molecule has 0 unspecified atom stereocenters. The highest BCUT2D eigenvalue weighted by molar-refractivity contribution is 7.99. The summed E-state index contributed by atoms with van der Waals surface area (Å²) in [6.07, 6.45) is 1.84. The number of methoxy groups -OCH3 is 1. The molecule has 0 spiro atoms. The zero-order valence-corrected chi connectivity index (χ0v) is 15.6. The highest BCUT2D eigenvalue weighted by Gasteiger charge is 2.21. The van der Waals surface area contributed by atoms with Crippen LogP contribution in [-0.4, -0.2) is 34.7 Å². The van der Waals surface area contributed by atoms with Crippen LogP contribution in [-0.2, 0) is 9.53 Å². The predicted molar refractivity (Wildman–Crippen MR) is 95.9 cm³/mol. The molecule has 1 N–H and O–H groups in total. The molecule has 24 heavy (non-hydrogen) atoms. The van der Waals surface area contributed by atoms with Gasteiger partial charge in [0.15, 0.2) is 0 Å². The van der Waals surface area contributed by atoms with Gasteiger partial charge in [0.05, 0.1) is 17.7 Å². The average molecular weight is 365 g/mol. The molecule has 0 atom stereocenters. The monoisotopic (exact) mass is 365 g/mol. The molecule has 1 amide bonds. The molecular formula is C16H19N3O3S2. The molecule has 8 heteroatoms. The lowest BCUT2D eigenvalue weighted by Gasteiger charge is -2.06. The van der Waals surface area contributed by atoms with Crippen LogP contribution < -0.4 is 5.32 Å². The van der Waals surface area contributed by atoms with Gasteiger partial charge in [0.25, 0.3) is 0 Å². The van der Waals surface area contributed by atoms with E-state index in [9.17, 15) is 9.59 Å². The standard InChI is InChI=1S/C16H19N3O3S2/c1-9-7-13(18-8-17-9)23-6-5-12(20)19-15-14(16(21)22-4)10(2)11(3)24-15/h7-8H,5-6H2,1-4H3,(H,19,20). The fourth-order valence-electron chi connectivity index (χ4n) is 2.01. The number of esters is 1. The molecule has 0 aliphatic carbocycles. The van der Waals surface area contributed by atoms with E-state index in [1.165, 1.54) is 36.5 Å². The molecule has 2 rings (SSSR count). The third-order valence-corrected chi connectivity index (χ3v) is 5.44. The van der Waals surface area contributed by atoms with Gasteiger partial charge in [-0.25, -0.2) is 14.8 Å². The summed E-state index contributed by atoms with van der Waals surface area (Å²) in [5, 5.41) is 4.20. The fourth-order valence-corrected chi connectivity index (χ4v) is 3.95. The first-order valence-corrected chi connectivity index (χ1v) is 9.12. The van der Waals surface area contributed by atoms with E-state index in [1.807, 2.05) is 26.8 Å². The summed E-state index contributed by atoms with van der Waals surface area (Å²) < 4.78 is 4.80. The molecule has 0 radical (unpaired) electrons. The zero-order valence-electron chi connectivity index (χ0n) is 14.0. The zero-order chi connectivity index (χ0) is 17.7. The van der Waals surface area contributed by atoms with Crippen molar-refractivity contribution in [1.29, 1.82) is 0 Å². The van der Waals surface area contributed by atoms with Crippen LogP contribution in [0.3, 0.4) is 0 Å². The molecule has 6 nitrogen and oxygen atoms in total. The summed E-state index contributed by atoms with van der Waals surface area (Å²) in [6.45, 7) is 5.66. The summed E-state index contributed by atoms with van der Waals surface area (Å²) >= 11 is 2.88. The number of aromatic nitrogens is 2. The van der Waals surface area contributed by atoms with E-state index >= 15 is 0 Å². The Balaban J connectivity index is 1.95. The summed E-state index contributed by atoms with van der Waals surface area (Å²) in [6, 6.07) is 1.88. The summed E-state index contributed by atoms with van der Waals surface area (Å²) in [5.41, 5.74) is 2.17. The van der Waals surface area contributed by atoms with E-state index < -0.39 is 5.97 Å². The number of thiophene rings is 1. The molecule has 0 aromatic carbocycles. The van der Waals surface area contributed by atoms with E-state index in [2.05, 4.69) is 15.3 Å². The van der Waals surface area contributed by atoms with Crippen molar-refractivity contribution in [1.82, 2.24) is 9.97 Å². The van der Waals surface area contributed by atoms with E-state index in [1.54, 1.807) is 0 Å². The van der Waals surface area contributed by atoms with Gasteiger partial charge in [-0.2, -0.15) is 0 Å². The van der Waals surface area contributed by atoms with Crippen molar-refractivity contribution in [3.8, 4) is 0 Å². The minimum Gasteiger partial charge on any atom is -0.465 e. The van der Waals surface area contributed by atoms with Crippen molar-refractivity contribution in [2.45, 2.75) is 32.2 Å². The minimum absolute atomic E-state index is 0.139. The number of carbonyl (C=O) groups is 2. The number of aryl methyl sites for hydroxylation is 2. The lowest BCUT2D eigenvalue weighted by atomic mass is 10.1. The van der Waals surface area contributed by atoms with Crippen LogP contribution in [0.5, 0.6) is 0 Å². The van der Waals surface area contributed by atoms with Gasteiger partial charge in [-0.15, -0.1) is 23.1 Å². The summed E-state index contributed by atoms with van der Waals surface area (Å²) in [7, 11) is 1.33. The van der Waals surface area contributed by atoms with E-state index in [0.717, 1.165) is 21.2 Å². The van der Waals surface area contributed by atoms with Crippen molar-refractivity contribution in [2.75, 3.05) is 18.2 Å². The second kappa shape index (κ2) is 8.25. The molecule has 0 saturated heterocycles. The Labute approximate surface area is 149 Å². The van der Waals surface area contributed by atoms with Gasteiger partial charge >= 0.3 is 5.97 Å². The Bertz CT molecular complexity index is 759. The Hall–Kier alpha value is -1.93. The van der Waals surface area contributed by atoms with Gasteiger partial charge < -0.3 is 10.1 Å². The van der Waals surface area contributed by atoms with Gasteiger partial charge in [-0.1, -0.05) is 0 Å². The Kier molecular flexibility index (Phi) is 6.33. The van der Waals surface area contributed by atoms with Gasteiger partial charge in [-0.05, 0) is 32.4 Å². The quantitative estimate of drug-likeness (QED) is 0.480. The number of ether oxygens (including phenoxy) is 1. The van der Waals surface area contributed by atoms with E-state index in [0.29, 0.717) is 22.7 Å². The van der Waals surface area contributed by atoms with Gasteiger partial charge in [0, 0.05) is 22.7 Å². The van der Waals surface area contributed by atoms with Crippen molar-refractivity contribution in [3.63, 3.8) is 0 Å². The first-order valence-electron chi connectivity index (χ1n) is 7.32. The van der Waals surface area contributed by atoms with Crippen LogP contribution in [0.15, 0.2) is 17.4 Å². The maximum absolute atomic E-state index is 12.2. The van der Waals surface area contributed by atoms with Crippen LogP contribution in [0, 0.1) is 20.8 Å². The lowest BCUT2D eigenvalue weighted by molar-refractivity contribution is -0.115.